The van der Waals surface area contributed by atoms with Crippen LogP contribution in [0, 0.1) is 11.3 Å². The standard InChI is InChI=1S/C39H48N6O9/c1-6-9-10-11-18-52-39(50)45-35(41)26-12-14-27(15-13-26)43-36(47)30-19-25(8-3)32(51-5)20-29(30)28-16-17-31(37(48)42-22-24(4)7-2)44-34(28)38(49)54-23-53-33(46)21-40/h8,12-17,19-20,24H,3,6-7,9-11,18,21-23,40H2,1-2,4-5H3,(H,42,48)(H,43,47)(H2,41,45,50). The third kappa shape index (κ3) is 12.3. The number of nitrogens with zero attached hydrogens (tertiary/aromatic N) is 1. The van der Waals surface area contributed by atoms with Crippen LogP contribution >= 0.6 is 0 Å². The minimum absolute atomic E-state index is 0.0743. The van der Waals surface area contributed by atoms with E-state index in [4.69, 9.17) is 30.1 Å². The molecule has 15 nitrogen and oxygen atoms in total. The highest BCUT2D eigenvalue weighted by atomic mass is 16.7. The van der Waals surface area contributed by atoms with Crippen LogP contribution in [0.1, 0.15) is 95.3 Å². The molecule has 0 radical (unpaired) electrons. The van der Waals surface area contributed by atoms with Crippen LogP contribution < -0.4 is 26.4 Å². The quantitative estimate of drug-likeness (QED) is 0.0331. The zero-order valence-corrected chi connectivity index (χ0v) is 31.0. The van der Waals surface area contributed by atoms with Gasteiger partial charge in [-0.05, 0) is 60.9 Å². The Morgan fingerprint density at radius 2 is 1.69 bits per heavy atom. The number of ether oxygens (including phenoxy) is 4. The molecule has 2 aromatic carbocycles. The van der Waals surface area contributed by atoms with Gasteiger partial charge in [0.05, 0.1) is 20.3 Å². The van der Waals surface area contributed by atoms with Crippen LogP contribution in [-0.2, 0) is 19.0 Å². The lowest BCUT2D eigenvalue weighted by Gasteiger charge is -2.17. The molecule has 3 rings (SSSR count). The molecule has 0 aliphatic heterocycles. The number of rotatable bonds is 19. The molecule has 0 saturated carbocycles. The van der Waals surface area contributed by atoms with Gasteiger partial charge in [-0.1, -0.05) is 59.1 Å². The Bertz CT molecular complexity index is 1830. The van der Waals surface area contributed by atoms with E-state index in [9.17, 15) is 24.0 Å². The summed E-state index contributed by atoms with van der Waals surface area (Å²) in [5.41, 5.74) is 6.40. The van der Waals surface area contributed by atoms with Crippen molar-refractivity contribution in [3.8, 4) is 16.9 Å². The topological polar surface area (TPSA) is 221 Å². The fourth-order valence-corrected chi connectivity index (χ4v) is 4.90. The van der Waals surface area contributed by atoms with Crippen molar-refractivity contribution >= 4 is 47.4 Å². The fourth-order valence-electron chi connectivity index (χ4n) is 4.90. The number of amidine groups is 1. The number of methoxy groups -OCH3 is 1. The summed E-state index contributed by atoms with van der Waals surface area (Å²) in [5.74, 6) is -2.66. The minimum atomic E-state index is -1.04. The number of esters is 2. The molecule has 6 N–H and O–H groups in total. The highest BCUT2D eigenvalue weighted by molar-refractivity contribution is 6.11. The number of benzene rings is 2. The Kier molecular flexibility index (Phi) is 16.8. The number of anilines is 1. The Balaban J connectivity index is 1.96. The van der Waals surface area contributed by atoms with Crippen LogP contribution in [0.2, 0.25) is 0 Å². The third-order valence-electron chi connectivity index (χ3n) is 8.22. The first-order valence-corrected chi connectivity index (χ1v) is 17.6. The molecular formula is C39H48N6O9. The van der Waals surface area contributed by atoms with Crippen molar-refractivity contribution in [1.82, 2.24) is 15.6 Å². The highest BCUT2D eigenvalue weighted by Crippen LogP contribution is 2.34. The van der Waals surface area contributed by atoms with E-state index in [1.165, 1.54) is 37.5 Å². The van der Waals surface area contributed by atoms with Gasteiger partial charge in [-0.2, -0.15) is 0 Å². The second-order valence-corrected chi connectivity index (χ2v) is 12.2. The van der Waals surface area contributed by atoms with Crippen molar-refractivity contribution < 1.29 is 42.9 Å². The van der Waals surface area contributed by atoms with Crippen LogP contribution in [0.4, 0.5) is 10.5 Å². The molecule has 3 amide bonds. The van der Waals surface area contributed by atoms with E-state index in [1.54, 1.807) is 24.3 Å². The lowest BCUT2D eigenvalue weighted by Crippen LogP contribution is -2.31. The number of aromatic nitrogens is 1. The number of carbonyl (C=O) groups excluding carboxylic acids is 5. The molecule has 0 saturated heterocycles. The molecule has 0 aliphatic carbocycles. The lowest BCUT2D eigenvalue weighted by atomic mass is 9.94. The second-order valence-electron chi connectivity index (χ2n) is 12.2. The molecule has 0 bridgehead atoms. The summed E-state index contributed by atoms with van der Waals surface area (Å²) in [6.07, 6.45) is 5.39. The van der Waals surface area contributed by atoms with Crippen molar-refractivity contribution in [1.29, 1.82) is 5.41 Å². The van der Waals surface area contributed by atoms with E-state index in [-0.39, 0.29) is 46.4 Å². The molecule has 1 unspecified atom stereocenters. The number of carbonyl (C=O) groups is 5. The zero-order valence-electron chi connectivity index (χ0n) is 31.0. The van der Waals surface area contributed by atoms with Crippen molar-refractivity contribution in [2.45, 2.75) is 52.9 Å². The summed E-state index contributed by atoms with van der Waals surface area (Å²) in [6, 6.07) is 12.1. The zero-order chi connectivity index (χ0) is 39.6. The average Bonchev–Trinajstić information content (AvgIpc) is 3.18. The maximum Gasteiger partial charge on any atom is 0.412 e. The number of hydrogen-bond donors (Lipinski definition) is 5. The molecule has 1 heterocycles. The molecule has 1 atom stereocenters. The van der Waals surface area contributed by atoms with Gasteiger partial charge in [-0.3, -0.25) is 25.1 Å². The number of alkyl carbamates (subject to hydrolysis) is 1. The number of nitrogens with two attached hydrogens (primary N) is 1. The van der Waals surface area contributed by atoms with Crippen LogP contribution in [0.25, 0.3) is 17.2 Å². The van der Waals surface area contributed by atoms with Crippen molar-refractivity contribution in [2.24, 2.45) is 11.7 Å². The Morgan fingerprint density at radius 3 is 2.33 bits per heavy atom. The van der Waals surface area contributed by atoms with Crippen LogP contribution in [-0.4, -0.2) is 74.3 Å². The monoisotopic (exact) mass is 744 g/mol. The van der Waals surface area contributed by atoms with Gasteiger partial charge in [0, 0.05) is 40.0 Å². The largest absolute Gasteiger partial charge is 0.496 e. The molecule has 15 heteroatoms. The highest BCUT2D eigenvalue weighted by Gasteiger charge is 2.25. The maximum absolute atomic E-state index is 13.9. The van der Waals surface area contributed by atoms with E-state index in [2.05, 4.69) is 34.4 Å². The predicted octanol–water partition coefficient (Wildman–Crippen LogP) is 5.68. The van der Waals surface area contributed by atoms with Crippen molar-refractivity contribution in [3.63, 3.8) is 0 Å². The van der Waals surface area contributed by atoms with Crippen molar-refractivity contribution in [2.75, 3.05) is 38.9 Å². The molecule has 54 heavy (non-hydrogen) atoms. The minimum Gasteiger partial charge on any atom is -0.496 e. The van der Waals surface area contributed by atoms with Gasteiger partial charge in [0.1, 0.15) is 17.3 Å². The Morgan fingerprint density at radius 1 is 0.944 bits per heavy atom. The van der Waals surface area contributed by atoms with E-state index in [0.717, 1.165) is 32.1 Å². The Labute approximate surface area is 314 Å². The fraction of sp³-hybridized carbons (Fsp3) is 0.359. The van der Waals surface area contributed by atoms with Gasteiger partial charge < -0.3 is 35.3 Å². The van der Waals surface area contributed by atoms with Gasteiger partial charge in [0.2, 0.25) is 6.79 Å². The van der Waals surface area contributed by atoms with E-state index in [1.807, 2.05) is 13.8 Å². The predicted molar refractivity (Wildman–Crippen MR) is 203 cm³/mol. The average molecular weight is 745 g/mol. The Hall–Kier alpha value is -6.09. The van der Waals surface area contributed by atoms with E-state index >= 15 is 0 Å². The molecular weight excluding hydrogens is 696 g/mol. The third-order valence-corrected chi connectivity index (χ3v) is 8.22. The van der Waals surface area contributed by atoms with Gasteiger partial charge in [-0.25, -0.2) is 14.6 Å². The van der Waals surface area contributed by atoms with Crippen LogP contribution in [0.3, 0.4) is 0 Å². The number of pyridine rings is 1. The molecule has 0 spiro atoms. The molecule has 3 aromatic rings. The lowest BCUT2D eigenvalue weighted by molar-refractivity contribution is -0.150. The number of nitrogens with one attached hydrogen (secondary N) is 4. The van der Waals surface area contributed by atoms with E-state index in [0.29, 0.717) is 29.1 Å². The summed E-state index contributed by atoms with van der Waals surface area (Å²) >= 11 is 0. The molecule has 1 aromatic heterocycles. The van der Waals surface area contributed by atoms with Crippen LogP contribution in [0.5, 0.6) is 5.75 Å². The van der Waals surface area contributed by atoms with E-state index < -0.39 is 43.2 Å². The number of hydrogen-bond acceptors (Lipinski definition) is 12. The van der Waals surface area contributed by atoms with Crippen molar-refractivity contribution in [3.05, 3.63) is 83.2 Å². The summed E-state index contributed by atoms with van der Waals surface area (Å²) in [7, 11) is 1.43. The maximum atomic E-state index is 13.9. The number of amides is 3. The first kappa shape index (κ1) is 42.3. The summed E-state index contributed by atoms with van der Waals surface area (Å²) in [5, 5.41) is 16.3. The van der Waals surface area contributed by atoms with Gasteiger partial charge >= 0.3 is 18.0 Å². The van der Waals surface area contributed by atoms with Crippen LogP contribution in [0.15, 0.2) is 55.1 Å². The summed E-state index contributed by atoms with van der Waals surface area (Å²) in [4.78, 5) is 68.5. The molecule has 288 valence electrons. The van der Waals surface area contributed by atoms with Gasteiger partial charge in [0.25, 0.3) is 11.8 Å². The van der Waals surface area contributed by atoms with Gasteiger partial charge in [-0.15, -0.1) is 0 Å². The number of unbranched alkanes of at least 4 members (excludes halogenated alkanes) is 3. The first-order valence-electron chi connectivity index (χ1n) is 17.6. The molecule has 0 aliphatic rings. The second kappa shape index (κ2) is 21.4. The first-order chi connectivity index (χ1) is 25.9. The smallest absolute Gasteiger partial charge is 0.412 e. The summed E-state index contributed by atoms with van der Waals surface area (Å²) in [6.45, 7) is 9.30. The summed E-state index contributed by atoms with van der Waals surface area (Å²) < 4.78 is 20.7. The van der Waals surface area contributed by atoms with Gasteiger partial charge in [0.15, 0.2) is 5.69 Å². The molecule has 0 fully saturated rings. The SMILES string of the molecule is C=Cc1cc(C(=O)Nc2ccc(C(=N)NC(=O)OCCCCCC)cc2)c(-c2ccc(C(=O)NCC(C)CC)nc2C(=O)OCOC(=O)CN)cc1OC. The normalized spacial score (nSPS) is 11.1.